The second-order valence-electron chi connectivity index (χ2n) is 7.64. The first-order valence-corrected chi connectivity index (χ1v) is 9.48. The van der Waals surface area contributed by atoms with E-state index in [0.29, 0.717) is 30.3 Å². The molecule has 0 unspecified atom stereocenters. The molecule has 0 radical (unpaired) electrons. The molecule has 0 spiro atoms. The molecular formula is C21H24N4O2. The van der Waals surface area contributed by atoms with Crippen molar-refractivity contribution < 1.29 is 9.59 Å². The van der Waals surface area contributed by atoms with Crippen molar-refractivity contribution in [1.29, 1.82) is 0 Å². The van der Waals surface area contributed by atoms with Gasteiger partial charge in [0.25, 0.3) is 11.8 Å². The highest BCUT2D eigenvalue weighted by Gasteiger charge is 2.41. The van der Waals surface area contributed by atoms with Gasteiger partial charge in [0.15, 0.2) is 0 Å². The first-order chi connectivity index (χ1) is 13.0. The lowest BCUT2D eigenvalue weighted by Gasteiger charge is -2.29. The lowest BCUT2D eigenvalue weighted by molar-refractivity contribution is 0.0640. The van der Waals surface area contributed by atoms with E-state index in [9.17, 15) is 9.59 Å². The van der Waals surface area contributed by atoms with Gasteiger partial charge in [0, 0.05) is 43.9 Å². The van der Waals surface area contributed by atoms with Crippen molar-refractivity contribution in [3.63, 3.8) is 0 Å². The van der Waals surface area contributed by atoms with Crippen molar-refractivity contribution in [2.45, 2.75) is 45.2 Å². The van der Waals surface area contributed by atoms with Gasteiger partial charge in [-0.2, -0.15) is 0 Å². The summed E-state index contributed by atoms with van der Waals surface area (Å²) >= 11 is 0. The molecule has 4 rings (SSSR count). The maximum absolute atomic E-state index is 13.1. The highest BCUT2D eigenvalue weighted by atomic mass is 16.2. The fourth-order valence-corrected chi connectivity index (χ4v) is 3.81. The van der Waals surface area contributed by atoms with Crippen molar-refractivity contribution >= 4 is 11.8 Å². The lowest BCUT2D eigenvalue weighted by atomic mass is 10.1. The van der Waals surface area contributed by atoms with Gasteiger partial charge >= 0.3 is 0 Å². The van der Waals surface area contributed by atoms with E-state index >= 15 is 0 Å². The van der Waals surface area contributed by atoms with Crippen LogP contribution in [0, 0.1) is 13.8 Å². The summed E-state index contributed by atoms with van der Waals surface area (Å²) in [7, 11) is 0. The Bertz CT molecular complexity index is 878. The molecule has 1 aliphatic carbocycles. The summed E-state index contributed by atoms with van der Waals surface area (Å²) in [5.74, 6) is 0.0272. The van der Waals surface area contributed by atoms with Crippen LogP contribution in [0.5, 0.6) is 0 Å². The molecule has 1 atom stereocenters. The molecular weight excluding hydrogens is 340 g/mol. The second-order valence-corrected chi connectivity index (χ2v) is 7.64. The summed E-state index contributed by atoms with van der Waals surface area (Å²) in [6, 6.07) is 4.11. The van der Waals surface area contributed by atoms with Gasteiger partial charge < -0.3 is 9.80 Å². The molecule has 2 aliphatic rings. The number of aryl methyl sites for hydroxylation is 2. The molecule has 1 saturated carbocycles. The quantitative estimate of drug-likeness (QED) is 0.836. The van der Waals surface area contributed by atoms with E-state index in [2.05, 4.69) is 9.97 Å². The number of carbonyl (C=O) groups excluding carboxylic acids is 2. The number of hydrogen-bond acceptors (Lipinski definition) is 4. The van der Waals surface area contributed by atoms with Crippen molar-refractivity contribution in [3.8, 4) is 0 Å². The number of aromatic nitrogens is 2. The van der Waals surface area contributed by atoms with Gasteiger partial charge in [-0.25, -0.2) is 0 Å². The molecule has 1 saturated heterocycles. The normalized spacial score (nSPS) is 19.2. The van der Waals surface area contributed by atoms with Gasteiger partial charge in [-0.3, -0.25) is 19.6 Å². The summed E-state index contributed by atoms with van der Waals surface area (Å²) in [6.07, 6.45) is 9.64. The summed E-state index contributed by atoms with van der Waals surface area (Å²) in [5, 5.41) is 0. The smallest absolute Gasteiger partial charge is 0.255 e. The number of hydrogen-bond donors (Lipinski definition) is 0. The Morgan fingerprint density at radius 2 is 1.56 bits per heavy atom. The molecule has 27 heavy (non-hydrogen) atoms. The Kier molecular flexibility index (Phi) is 4.64. The molecule has 0 bridgehead atoms. The number of amides is 2. The van der Waals surface area contributed by atoms with Crippen molar-refractivity contribution in [2.24, 2.45) is 0 Å². The van der Waals surface area contributed by atoms with Crippen LogP contribution in [0.1, 0.15) is 51.1 Å². The highest BCUT2D eigenvalue weighted by molar-refractivity contribution is 5.96. The predicted molar refractivity (Wildman–Crippen MR) is 101 cm³/mol. The fourth-order valence-electron chi connectivity index (χ4n) is 3.81. The number of carbonyl (C=O) groups is 2. The van der Waals surface area contributed by atoms with Gasteiger partial charge in [0.2, 0.25) is 0 Å². The number of nitrogens with zero attached hydrogens (tertiary/aromatic N) is 4. The average molecular weight is 364 g/mol. The molecule has 2 aromatic heterocycles. The van der Waals surface area contributed by atoms with Crippen LogP contribution in [0.15, 0.2) is 36.9 Å². The predicted octanol–water partition coefficient (Wildman–Crippen LogP) is 2.61. The molecule has 140 valence electrons. The highest BCUT2D eigenvalue weighted by Crippen LogP contribution is 2.33. The maximum atomic E-state index is 13.1. The number of pyridine rings is 2. The monoisotopic (exact) mass is 364 g/mol. The third kappa shape index (κ3) is 3.70. The van der Waals surface area contributed by atoms with E-state index in [-0.39, 0.29) is 17.9 Å². The third-order valence-electron chi connectivity index (χ3n) is 5.26. The SMILES string of the molecule is Cc1cncc(C(=O)N2CC[C@H](N(C(=O)c3cncc(C)c3)C3CC3)C2)c1. The van der Waals surface area contributed by atoms with Crippen LogP contribution in [-0.4, -0.2) is 56.8 Å². The van der Waals surface area contributed by atoms with E-state index in [4.69, 9.17) is 0 Å². The van der Waals surface area contributed by atoms with E-state index in [1.807, 2.05) is 35.8 Å². The minimum Gasteiger partial charge on any atom is -0.336 e. The number of rotatable bonds is 4. The topological polar surface area (TPSA) is 66.4 Å². The Morgan fingerprint density at radius 3 is 2.19 bits per heavy atom. The minimum atomic E-state index is -0.00545. The zero-order valence-corrected chi connectivity index (χ0v) is 15.8. The summed E-state index contributed by atoms with van der Waals surface area (Å²) in [5.41, 5.74) is 3.20. The Hall–Kier alpha value is -2.76. The Labute approximate surface area is 159 Å². The Morgan fingerprint density at radius 1 is 0.926 bits per heavy atom. The standard InChI is InChI=1S/C21H24N4O2/c1-14-7-16(11-22-9-14)20(26)24-6-5-19(13-24)25(18-3-4-18)21(27)17-8-15(2)10-23-12-17/h7-12,18-19H,3-6,13H2,1-2H3/t19-/m0/s1. The van der Waals surface area contributed by atoms with Crippen molar-refractivity contribution in [2.75, 3.05) is 13.1 Å². The summed E-state index contributed by atoms with van der Waals surface area (Å²) in [4.78, 5) is 38.1. The van der Waals surface area contributed by atoms with Gasteiger partial charge in [-0.1, -0.05) is 0 Å². The van der Waals surface area contributed by atoms with E-state index < -0.39 is 0 Å². The van der Waals surface area contributed by atoms with Crippen molar-refractivity contribution in [3.05, 3.63) is 59.2 Å². The van der Waals surface area contributed by atoms with Crippen LogP contribution in [0.2, 0.25) is 0 Å². The molecule has 0 aromatic carbocycles. The minimum absolute atomic E-state index is 0.00545. The largest absolute Gasteiger partial charge is 0.336 e. The van der Waals surface area contributed by atoms with Gasteiger partial charge in [-0.15, -0.1) is 0 Å². The first-order valence-electron chi connectivity index (χ1n) is 9.48. The molecule has 6 heteroatoms. The van der Waals surface area contributed by atoms with E-state index in [1.165, 1.54) is 0 Å². The van der Waals surface area contributed by atoms with E-state index in [0.717, 1.165) is 30.4 Å². The van der Waals surface area contributed by atoms with Crippen LogP contribution in [0.4, 0.5) is 0 Å². The average Bonchev–Trinajstić information content (AvgIpc) is 3.37. The molecule has 1 aliphatic heterocycles. The van der Waals surface area contributed by atoms with Gasteiger partial charge in [0.1, 0.15) is 0 Å². The zero-order chi connectivity index (χ0) is 19.0. The molecule has 6 nitrogen and oxygen atoms in total. The fraction of sp³-hybridized carbons (Fsp3) is 0.429. The van der Waals surface area contributed by atoms with Crippen LogP contribution < -0.4 is 0 Å². The third-order valence-corrected chi connectivity index (χ3v) is 5.26. The summed E-state index contributed by atoms with van der Waals surface area (Å²) < 4.78 is 0. The van der Waals surface area contributed by atoms with Crippen molar-refractivity contribution in [1.82, 2.24) is 19.8 Å². The molecule has 3 heterocycles. The van der Waals surface area contributed by atoms with E-state index in [1.54, 1.807) is 24.8 Å². The molecule has 2 amide bonds. The van der Waals surface area contributed by atoms with Crippen LogP contribution in [-0.2, 0) is 0 Å². The summed E-state index contributed by atoms with van der Waals surface area (Å²) in [6.45, 7) is 5.12. The Balaban J connectivity index is 1.50. The lowest BCUT2D eigenvalue weighted by Crippen LogP contribution is -2.44. The van der Waals surface area contributed by atoms with Gasteiger partial charge in [-0.05, 0) is 56.4 Å². The molecule has 2 fully saturated rings. The van der Waals surface area contributed by atoms with Crippen LogP contribution in [0.25, 0.3) is 0 Å². The first kappa shape index (κ1) is 17.6. The molecule has 0 N–H and O–H groups in total. The zero-order valence-electron chi connectivity index (χ0n) is 15.8. The molecule has 2 aromatic rings. The van der Waals surface area contributed by atoms with Crippen LogP contribution in [0.3, 0.4) is 0 Å². The number of likely N-dealkylation sites (tertiary alicyclic amines) is 1. The second kappa shape index (κ2) is 7.10. The maximum Gasteiger partial charge on any atom is 0.255 e. The van der Waals surface area contributed by atoms with Gasteiger partial charge in [0.05, 0.1) is 17.2 Å². The van der Waals surface area contributed by atoms with Crippen LogP contribution >= 0.6 is 0 Å².